The van der Waals surface area contributed by atoms with Crippen LogP contribution in [0.25, 0.3) is 0 Å². The van der Waals surface area contributed by atoms with Gasteiger partial charge >= 0.3 is 0 Å². The Morgan fingerprint density at radius 3 is 2.54 bits per heavy atom. The molecule has 0 unspecified atom stereocenters. The molecule has 1 amide bonds. The second-order valence-corrected chi connectivity index (χ2v) is 5.95. The van der Waals surface area contributed by atoms with Crippen LogP contribution in [0, 0.1) is 20.8 Å². The summed E-state index contributed by atoms with van der Waals surface area (Å²) in [4.78, 5) is 12.4. The molecule has 0 aromatic heterocycles. The zero-order valence-electron chi connectivity index (χ0n) is 14.1. The van der Waals surface area contributed by atoms with Gasteiger partial charge < -0.3 is 15.2 Å². The zero-order chi connectivity index (χ0) is 17.9. The van der Waals surface area contributed by atoms with E-state index in [0.717, 1.165) is 16.7 Å². The Bertz CT molecular complexity index is 803. The molecule has 6 heteroatoms. The van der Waals surface area contributed by atoms with Gasteiger partial charge in [-0.3, -0.25) is 10.1 Å². The second kappa shape index (κ2) is 7.31. The van der Waals surface area contributed by atoms with Crippen LogP contribution in [0.15, 0.2) is 30.3 Å². The number of para-hydroxylation sites is 1. The topological polar surface area (TPSA) is 70.6 Å². The summed E-state index contributed by atoms with van der Waals surface area (Å²) in [5.74, 6) is 0.231. The van der Waals surface area contributed by atoms with E-state index in [1.807, 2.05) is 26.0 Å². The lowest BCUT2D eigenvalue weighted by Gasteiger charge is -2.14. The Kier molecular flexibility index (Phi) is 5.41. The van der Waals surface area contributed by atoms with Gasteiger partial charge in [-0.15, -0.1) is 0 Å². The molecule has 0 saturated heterocycles. The molecule has 0 fully saturated rings. The van der Waals surface area contributed by atoms with Gasteiger partial charge in [-0.05, 0) is 61.8 Å². The van der Waals surface area contributed by atoms with Crippen molar-refractivity contribution in [3.05, 3.63) is 52.6 Å². The molecule has 0 aliphatic heterocycles. The molecule has 0 saturated carbocycles. The van der Waals surface area contributed by atoms with Gasteiger partial charge in [-0.1, -0.05) is 18.2 Å². The number of thiocarbonyl (C=S) groups is 1. The van der Waals surface area contributed by atoms with Crippen molar-refractivity contribution in [2.24, 2.45) is 0 Å². The highest BCUT2D eigenvalue weighted by molar-refractivity contribution is 7.80. The predicted molar refractivity (Wildman–Crippen MR) is 99.0 cm³/mol. The van der Waals surface area contributed by atoms with Crippen molar-refractivity contribution in [2.75, 3.05) is 12.4 Å². The third kappa shape index (κ3) is 3.83. The van der Waals surface area contributed by atoms with Crippen LogP contribution in [0.1, 0.15) is 27.0 Å². The van der Waals surface area contributed by atoms with Crippen molar-refractivity contribution in [3.63, 3.8) is 0 Å². The molecule has 24 heavy (non-hydrogen) atoms. The fourth-order valence-corrected chi connectivity index (χ4v) is 2.68. The minimum Gasteiger partial charge on any atom is -0.505 e. The third-order valence-corrected chi connectivity index (χ3v) is 3.78. The van der Waals surface area contributed by atoms with E-state index in [2.05, 4.69) is 10.6 Å². The maximum absolute atomic E-state index is 12.4. The van der Waals surface area contributed by atoms with Crippen LogP contribution in [0.4, 0.5) is 5.69 Å². The number of aryl methyl sites for hydroxylation is 3. The first-order valence-corrected chi connectivity index (χ1v) is 7.80. The minimum atomic E-state index is -0.378. The Labute approximate surface area is 146 Å². The van der Waals surface area contributed by atoms with Gasteiger partial charge in [0.1, 0.15) is 11.5 Å². The van der Waals surface area contributed by atoms with Gasteiger partial charge in [-0.25, -0.2) is 0 Å². The number of anilines is 1. The fourth-order valence-electron chi connectivity index (χ4n) is 2.48. The Hall–Kier alpha value is -2.60. The average Bonchev–Trinajstić information content (AvgIpc) is 2.51. The Morgan fingerprint density at radius 2 is 1.88 bits per heavy atom. The van der Waals surface area contributed by atoms with E-state index < -0.39 is 0 Å². The monoisotopic (exact) mass is 344 g/mol. The van der Waals surface area contributed by atoms with Crippen LogP contribution in [0.3, 0.4) is 0 Å². The minimum absolute atomic E-state index is 0.101. The number of ether oxygens (including phenoxy) is 1. The fraction of sp³-hybridized carbons (Fsp3) is 0.222. The molecule has 0 aliphatic carbocycles. The van der Waals surface area contributed by atoms with Crippen molar-refractivity contribution in [2.45, 2.75) is 20.8 Å². The largest absolute Gasteiger partial charge is 0.505 e. The van der Waals surface area contributed by atoms with E-state index in [-0.39, 0.29) is 16.8 Å². The van der Waals surface area contributed by atoms with E-state index in [9.17, 15) is 9.90 Å². The van der Waals surface area contributed by atoms with E-state index in [1.165, 1.54) is 7.11 Å². The van der Waals surface area contributed by atoms with Crippen molar-refractivity contribution in [1.29, 1.82) is 0 Å². The van der Waals surface area contributed by atoms with Gasteiger partial charge in [0.25, 0.3) is 5.91 Å². The molecule has 2 aromatic carbocycles. The van der Waals surface area contributed by atoms with E-state index >= 15 is 0 Å². The molecular weight excluding hydrogens is 324 g/mol. The molecule has 0 bridgehead atoms. The number of phenolic OH excluding ortho intramolecular Hbond substituents is 1. The number of nitrogens with one attached hydrogen (secondary N) is 2. The maximum Gasteiger partial charge on any atom is 0.261 e. The number of carbonyl (C=O) groups excluding carboxylic acids is 1. The van der Waals surface area contributed by atoms with Gasteiger partial charge in [0.15, 0.2) is 5.11 Å². The highest BCUT2D eigenvalue weighted by Crippen LogP contribution is 2.28. The molecule has 3 N–H and O–H groups in total. The van der Waals surface area contributed by atoms with Gasteiger partial charge in [0.2, 0.25) is 0 Å². The number of benzene rings is 2. The van der Waals surface area contributed by atoms with E-state index in [1.54, 1.807) is 25.1 Å². The second-order valence-electron chi connectivity index (χ2n) is 5.54. The van der Waals surface area contributed by atoms with Gasteiger partial charge in [0.05, 0.1) is 18.4 Å². The SMILES string of the molecule is COc1c(C)cccc1C(=O)NC(=S)Nc1cc(C)cc(C)c1O. The van der Waals surface area contributed by atoms with Crippen LogP contribution in [-0.4, -0.2) is 23.2 Å². The standard InChI is InChI=1S/C18H20N2O3S/c1-10-8-12(3)15(21)14(9-10)19-18(24)20-17(22)13-7-5-6-11(2)16(13)23-4/h5-9,21H,1-4H3,(H2,19,20,22,24). The third-order valence-electron chi connectivity index (χ3n) is 3.58. The van der Waals surface area contributed by atoms with Crippen LogP contribution >= 0.6 is 12.2 Å². The number of methoxy groups -OCH3 is 1. The normalized spacial score (nSPS) is 10.2. The van der Waals surface area contributed by atoms with E-state index in [4.69, 9.17) is 17.0 Å². The lowest BCUT2D eigenvalue weighted by Crippen LogP contribution is -2.34. The summed E-state index contributed by atoms with van der Waals surface area (Å²) in [7, 11) is 1.52. The average molecular weight is 344 g/mol. The number of rotatable bonds is 3. The summed E-state index contributed by atoms with van der Waals surface area (Å²) >= 11 is 5.18. The smallest absolute Gasteiger partial charge is 0.261 e. The molecular formula is C18H20N2O3S. The maximum atomic E-state index is 12.4. The lowest BCUT2D eigenvalue weighted by molar-refractivity contribution is 0.0974. The highest BCUT2D eigenvalue weighted by atomic mass is 32.1. The summed E-state index contributed by atoms with van der Waals surface area (Å²) < 4.78 is 5.28. The molecule has 0 aliphatic rings. The van der Waals surface area contributed by atoms with Crippen LogP contribution in [0.5, 0.6) is 11.5 Å². The molecule has 0 atom stereocenters. The quantitative estimate of drug-likeness (QED) is 0.588. The first kappa shape index (κ1) is 17.7. The van der Waals surface area contributed by atoms with Crippen molar-refractivity contribution in [3.8, 4) is 11.5 Å². The number of hydrogen-bond acceptors (Lipinski definition) is 4. The molecule has 5 nitrogen and oxygen atoms in total. The number of carbonyl (C=O) groups is 1. The summed E-state index contributed by atoms with van der Waals surface area (Å²) in [5.41, 5.74) is 3.41. The van der Waals surface area contributed by atoms with Crippen LogP contribution in [0.2, 0.25) is 0 Å². The first-order chi connectivity index (χ1) is 11.3. The summed E-state index contributed by atoms with van der Waals surface area (Å²) in [6.07, 6.45) is 0. The van der Waals surface area contributed by atoms with Crippen molar-refractivity contribution < 1.29 is 14.6 Å². The van der Waals surface area contributed by atoms with Crippen molar-refractivity contribution >= 4 is 28.9 Å². The molecule has 126 valence electrons. The summed E-state index contributed by atoms with van der Waals surface area (Å²) in [6, 6.07) is 8.92. The van der Waals surface area contributed by atoms with Crippen molar-refractivity contribution in [1.82, 2.24) is 5.32 Å². The Morgan fingerprint density at radius 1 is 1.17 bits per heavy atom. The zero-order valence-corrected chi connectivity index (χ0v) is 14.9. The number of phenols is 1. The van der Waals surface area contributed by atoms with E-state index in [0.29, 0.717) is 17.0 Å². The first-order valence-electron chi connectivity index (χ1n) is 7.39. The van der Waals surface area contributed by atoms with Crippen LogP contribution in [-0.2, 0) is 0 Å². The highest BCUT2D eigenvalue weighted by Gasteiger charge is 2.16. The lowest BCUT2D eigenvalue weighted by atomic mass is 10.1. The summed E-state index contributed by atoms with van der Waals surface area (Å²) in [5, 5.41) is 15.6. The molecule has 0 spiro atoms. The Balaban J connectivity index is 2.16. The molecule has 0 heterocycles. The van der Waals surface area contributed by atoms with Crippen LogP contribution < -0.4 is 15.4 Å². The van der Waals surface area contributed by atoms with Gasteiger partial charge in [0, 0.05) is 0 Å². The summed E-state index contributed by atoms with van der Waals surface area (Å²) in [6.45, 7) is 5.57. The predicted octanol–water partition coefficient (Wildman–Crippen LogP) is 3.45. The number of amides is 1. The number of hydrogen-bond donors (Lipinski definition) is 3. The molecule has 2 aromatic rings. The number of aromatic hydroxyl groups is 1. The van der Waals surface area contributed by atoms with Gasteiger partial charge in [-0.2, -0.15) is 0 Å². The molecule has 0 radical (unpaired) electrons. The molecule has 2 rings (SSSR count).